The molecule has 0 unspecified atom stereocenters. The molecule has 0 fully saturated rings. The molecule has 4 aromatic rings. The van der Waals surface area contributed by atoms with E-state index in [0.29, 0.717) is 5.56 Å². The van der Waals surface area contributed by atoms with Crippen molar-refractivity contribution in [1.29, 1.82) is 0 Å². The lowest BCUT2D eigenvalue weighted by Gasteiger charge is -2.11. The molecule has 0 spiro atoms. The molecule has 0 bridgehead atoms. The van der Waals surface area contributed by atoms with E-state index in [1.54, 1.807) is 6.92 Å². The van der Waals surface area contributed by atoms with E-state index in [1.807, 2.05) is 49.4 Å². The number of hydrogen-bond acceptors (Lipinski definition) is 4. The molecule has 0 aliphatic rings. The zero-order valence-corrected chi connectivity index (χ0v) is 17.8. The highest BCUT2D eigenvalue weighted by Crippen LogP contribution is 2.36. The molecule has 3 N–H and O–H groups in total. The molecule has 6 nitrogen and oxygen atoms in total. The number of aromatic nitrogens is 3. The van der Waals surface area contributed by atoms with Crippen LogP contribution in [0.4, 0.5) is 5.69 Å². The van der Waals surface area contributed by atoms with Crippen LogP contribution in [0.2, 0.25) is 0 Å². The Morgan fingerprint density at radius 3 is 2.57 bits per heavy atom. The van der Waals surface area contributed by atoms with Crippen LogP contribution in [-0.4, -0.2) is 52.8 Å². The standard InChI is InChI=1S/C24H27N5O/c1-15-21(16(2)30)22(17-8-6-5-7-9-17)23(26-15)24-27-19-11-10-18(14-20(19)28-24)25-12-13-29(3)4/h5-11,14,25-26H,12-13H2,1-4H3,(H,27,28). The molecule has 2 aromatic heterocycles. The van der Waals surface area contributed by atoms with Crippen molar-refractivity contribution in [3.8, 4) is 22.6 Å². The minimum Gasteiger partial charge on any atom is -0.384 e. The topological polar surface area (TPSA) is 76.8 Å². The summed E-state index contributed by atoms with van der Waals surface area (Å²) in [5.74, 6) is 0.766. The first-order chi connectivity index (χ1) is 14.4. The second kappa shape index (κ2) is 8.16. The van der Waals surface area contributed by atoms with E-state index in [1.165, 1.54) is 0 Å². The van der Waals surface area contributed by atoms with Crippen molar-refractivity contribution in [3.63, 3.8) is 0 Å². The van der Waals surface area contributed by atoms with Crippen molar-refractivity contribution in [3.05, 3.63) is 59.8 Å². The lowest BCUT2D eigenvalue weighted by Crippen LogP contribution is -2.20. The maximum atomic E-state index is 12.4. The Morgan fingerprint density at radius 1 is 1.10 bits per heavy atom. The Balaban J connectivity index is 1.77. The predicted molar refractivity (Wildman–Crippen MR) is 123 cm³/mol. The van der Waals surface area contributed by atoms with Crippen LogP contribution in [0.25, 0.3) is 33.7 Å². The summed E-state index contributed by atoms with van der Waals surface area (Å²) < 4.78 is 0. The van der Waals surface area contributed by atoms with E-state index >= 15 is 0 Å². The third-order valence-electron chi connectivity index (χ3n) is 5.21. The van der Waals surface area contributed by atoms with Gasteiger partial charge in [0.1, 0.15) is 0 Å². The molecule has 0 radical (unpaired) electrons. The number of Topliss-reactive ketones (excluding diaryl/α,β-unsaturated/α-hetero) is 1. The molecule has 30 heavy (non-hydrogen) atoms. The number of carbonyl (C=O) groups excluding carboxylic acids is 1. The largest absolute Gasteiger partial charge is 0.384 e. The van der Waals surface area contributed by atoms with Crippen LogP contribution in [0.5, 0.6) is 0 Å². The number of aryl methyl sites for hydroxylation is 1. The first-order valence-corrected chi connectivity index (χ1v) is 10.1. The smallest absolute Gasteiger partial charge is 0.162 e. The maximum Gasteiger partial charge on any atom is 0.162 e. The monoisotopic (exact) mass is 401 g/mol. The number of carbonyl (C=O) groups is 1. The number of rotatable bonds is 7. The van der Waals surface area contributed by atoms with E-state index in [0.717, 1.165) is 58.1 Å². The Bertz CT molecular complexity index is 1190. The van der Waals surface area contributed by atoms with Crippen molar-refractivity contribution >= 4 is 22.5 Å². The van der Waals surface area contributed by atoms with E-state index in [9.17, 15) is 4.79 Å². The van der Waals surface area contributed by atoms with Crippen LogP contribution in [-0.2, 0) is 0 Å². The molecule has 0 atom stereocenters. The second-order valence-electron chi connectivity index (χ2n) is 7.84. The number of imidazole rings is 1. The van der Waals surface area contributed by atoms with Gasteiger partial charge >= 0.3 is 0 Å². The molecule has 2 aromatic carbocycles. The van der Waals surface area contributed by atoms with Crippen LogP contribution in [0.15, 0.2) is 48.5 Å². The van der Waals surface area contributed by atoms with Crippen LogP contribution in [0.3, 0.4) is 0 Å². The summed E-state index contributed by atoms with van der Waals surface area (Å²) in [7, 11) is 4.12. The quantitative estimate of drug-likeness (QED) is 0.392. The average molecular weight is 402 g/mol. The number of ketones is 1. The van der Waals surface area contributed by atoms with Crippen molar-refractivity contribution in [2.24, 2.45) is 0 Å². The normalized spacial score (nSPS) is 11.4. The van der Waals surface area contributed by atoms with E-state index in [-0.39, 0.29) is 5.78 Å². The number of nitrogens with one attached hydrogen (secondary N) is 3. The lowest BCUT2D eigenvalue weighted by atomic mass is 9.98. The number of nitrogens with zero attached hydrogens (tertiary/aromatic N) is 2. The van der Waals surface area contributed by atoms with Gasteiger partial charge in [0.2, 0.25) is 0 Å². The van der Waals surface area contributed by atoms with Gasteiger partial charge in [-0.1, -0.05) is 30.3 Å². The van der Waals surface area contributed by atoms with Crippen LogP contribution in [0.1, 0.15) is 23.0 Å². The van der Waals surface area contributed by atoms with Gasteiger partial charge < -0.3 is 20.2 Å². The summed E-state index contributed by atoms with van der Waals surface area (Å²) in [6.45, 7) is 5.37. The summed E-state index contributed by atoms with van der Waals surface area (Å²) in [4.78, 5) is 26.2. The highest BCUT2D eigenvalue weighted by Gasteiger charge is 2.22. The fourth-order valence-corrected chi connectivity index (χ4v) is 3.80. The Hall–Kier alpha value is -3.38. The summed E-state index contributed by atoms with van der Waals surface area (Å²) >= 11 is 0. The second-order valence-corrected chi connectivity index (χ2v) is 7.84. The van der Waals surface area contributed by atoms with Gasteiger partial charge in [0, 0.05) is 35.6 Å². The summed E-state index contributed by atoms with van der Waals surface area (Å²) in [6, 6.07) is 16.1. The molecule has 0 aliphatic heterocycles. The zero-order valence-electron chi connectivity index (χ0n) is 17.8. The molecular weight excluding hydrogens is 374 g/mol. The molecule has 0 aliphatic carbocycles. The lowest BCUT2D eigenvalue weighted by molar-refractivity contribution is 0.101. The highest BCUT2D eigenvalue weighted by atomic mass is 16.1. The number of hydrogen-bond donors (Lipinski definition) is 3. The molecule has 0 saturated carbocycles. The summed E-state index contributed by atoms with van der Waals surface area (Å²) in [5.41, 5.74) is 7.18. The fourth-order valence-electron chi connectivity index (χ4n) is 3.80. The average Bonchev–Trinajstić information content (AvgIpc) is 3.28. The maximum absolute atomic E-state index is 12.4. The molecule has 4 rings (SSSR count). The number of fused-ring (bicyclic) bond motifs is 1. The minimum atomic E-state index is 0.0392. The first kappa shape index (κ1) is 19.9. The van der Waals surface area contributed by atoms with Crippen LogP contribution < -0.4 is 5.32 Å². The summed E-state index contributed by atoms with van der Waals surface area (Å²) in [5, 5.41) is 3.44. The number of anilines is 1. The van der Waals surface area contributed by atoms with Crippen molar-refractivity contribution in [2.75, 3.05) is 32.5 Å². The predicted octanol–water partition coefficient (Wildman–Crippen LogP) is 4.71. The number of likely N-dealkylation sites (N-methyl/N-ethyl adjacent to an activating group) is 1. The van der Waals surface area contributed by atoms with Crippen molar-refractivity contribution in [2.45, 2.75) is 13.8 Å². The van der Waals surface area contributed by atoms with Crippen molar-refractivity contribution in [1.82, 2.24) is 19.9 Å². The molecular formula is C24H27N5O. The molecule has 0 amide bonds. The van der Waals surface area contributed by atoms with E-state index in [2.05, 4.69) is 40.3 Å². The minimum absolute atomic E-state index is 0.0392. The number of aromatic amines is 2. The van der Waals surface area contributed by atoms with E-state index < -0.39 is 0 Å². The van der Waals surface area contributed by atoms with Crippen LogP contribution in [0, 0.1) is 6.92 Å². The molecule has 2 heterocycles. The highest BCUT2D eigenvalue weighted by molar-refractivity contribution is 6.05. The van der Waals surface area contributed by atoms with E-state index in [4.69, 9.17) is 4.98 Å². The SMILES string of the molecule is CC(=O)c1c(C)[nH]c(-c2nc3ccc(NCCN(C)C)cc3[nH]2)c1-c1ccccc1. The fraction of sp³-hybridized carbons (Fsp3) is 0.250. The zero-order chi connectivity index (χ0) is 21.3. The Labute approximate surface area is 176 Å². The summed E-state index contributed by atoms with van der Waals surface area (Å²) in [6.07, 6.45) is 0. The van der Waals surface area contributed by atoms with Gasteiger partial charge in [0.15, 0.2) is 11.6 Å². The number of benzene rings is 2. The first-order valence-electron chi connectivity index (χ1n) is 10.1. The van der Waals surface area contributed by atoms with Gasteiger partial charge in [-0.05, 0) is 51.7 Å². The van der Waals surface area contributed by atoms with Gasteiger partial charge in [0.25, 0.3) is 0 Å². The van der Waals surface area contributed by atoms with Crippen LogP contribution >= 0.6 is 0 Å². The van der Waals surface area contributed by atoms with Gasteiger partial charge in [-0.25, -0.2) is 4.98 Å². The Morgan fingerprint density at radius 2 is 1.87 bits per heavy atom. The van der Waals surface area contributed by atoms with Gasteiger partial charge in [-0.3, -0.25) is 4.79 Å². The number of H-pyrrole nitrogens is 2. The molecule has 0 saturated heterocycles. The Kier molecular flexibility index (Phi) is 5.42. The third-order valence-corrected chi connectivity index (χ3v) is 5.21. The van der Waals surface area contributed by atoms with Gasteiger partial charge in [0.05, 0.1) is 16.7 Å². The third kappa shape index (κ3) is 3.86. The van der Waals surface area contributed by atoms with Gasteiger partial charge in [-0.15, -0.1) is 0 Å². The molecule has 6 heteroatoms. The van der Waals surface area contributed by atoms with Gasteiger partial charge in [-0.2, -0.15) is 0 Å². The van der Waals surface area contributed by atoms with Crippen molar-refractivity contribution < 1.29 is 4.79 Å². The molecule has 154 valence electrons.